The summed E-state index contributed by atoms with van der Waals surface area (Å²) in [5, 5.41) is 2.51. The van der Waals surface area contributed by atoms with Crippen LogP contribution in [0.1, 0.15) is 21.7 Å². The van der Waals surface area contributed by atoms with E-state index in [1.165, 1.54) is 38.2 Å². The van der Waals surface area contributed by atoms with Crippen molar-refractivity contribution >= 4 is 27.3 Å². The number of nitrogens with zero attached hydrogens (tertiary/aromatic N) is 2. The van der Waals surface area contributed by atoms with Crippen molar-refractivity contribution in [1.82, 2.24) is 4.98 Å². The van der Waals surface area contributed by atoms with E-state index in [9.17, 15) is 26.4 Å². The van der Waals surface area contributed by atoms with Gasteiger partial charge in [-0.1, -0.05) is 24.3 Å². The molecule has 162 valence electrons. The topological polar surface area (TPSA) is 79.4 Å². The Labute approximate surface area is 177 Å². The van der Waals surface area contributed by atoms with E-state index in [1.54, 1.807) is 30.3 Å². The largest absolute Gasteiger partial charge is 0.433 e. The van der Waals surface area contributed by atoms with E-state index < -0.39 is 27.8 Å². The Balaban J connectivity index is 1.85. The fourth-order valence-corrected chi connectivity index (χ4v) is 4.07. The molecule has 0 bridgehead atoms. The van der Waals surface area contributed by atoms with Crippen LogP contribution >= 0.6 is 0 Å². The lowest BCUT2D eigenvalue weighted by Crippen LogP contribution is -2.26. The summed E-state index contributed by atoms with van der Waals surface area (Å²) >= 11 is 0. The maximum absolute atomic E-state index is 12.9. The Morgan fingerprint density at radius 2 is 1.68 bits per heavy atom. The minimum absolute atomic E-state index is 0.0531. The Kier molecular flexibility index (Phi) is 6.03. The Morgan fingerprint density at radius 1 is 1.00 bits per heavy atom. The van der Waals surface area contributed by atoms with Gasteiger partial charge in [-0.15, -0.1) is 0 Å². The van der Waals surface area contributed by atoms with Crippen LogP contribution in [0.15, 0.2) is 71.6 Å². The van der Waals surface area contributed by atoms with Gasteiger partial charge in [0, 0.05) is 12.7 Å². The van der Waals surface area contributed by atoms with Gasteiger partial charge in [0.05, 0.1) is 21.8 Å². The van der Waals surface area contributed by atoms with Gasteiger partial charge in [-0.05, 0) is 49.4 Å². The number of sulfonamides is 1. The molecule has 1 heterocycles. The molecule has 1 N–H and O–H groups in total. The molecule has 0 aliphatic heterocycles. The molecule has 10 heteroatoms. The lowest BCUT2D eigenvalue weighted by atomic mass is 10.1. The number of nitrogens with one attached hydrogen (secondary N) is 1. The highest BCUT2D eigenvalue weighted by atomic mass is 32.2. The normalized spacial score (nSPS) is 11.8. The van der Waals surface area contributed by atoms with Crippen LogP contribution in [-0.4, -0.2) is 26.4 Å². The van der Waals surface area contributed by atoms with Crippen molar-refractivity contribution < 1.29 is 26.4 Å². The zero-order valence-corrected chi connectivity index (χ0v) is 17.3. The standard InChI is InChI=1S/C21H18F3N3O3S/c1-14-18(11-12-19(25-14)21(22,23)24)20(28)26-15-7-6-10-17(13-15)31(29,30)27(2)16-8-4-3-5-9-16/h3-13H,1-2H3,(H,26,28). The van der Waals surface area contributed by atoms with Crippen molar-refractivity contribution in [3.8, 4) is 0 Å². The summed E-state index contributed by atoms with van der Waals surface area (Å²) in [6.45, 7) is 1.29. The highest BCUT2D eigenvalue weighted by molar-refractivity contribution is 7.92. The van der Waals surface area contributed by atoms with E-state index in [2.05, 4.69) is 10.3 Å². The highest BCUT2D eigenvalue weighted by Gasteiger charge is 2.33. The smallest absolute Gasteiger partial charge is 0.322 e. The van der Waals surface area contributed by atoms with Gasteiger partial charge in [0.15, 0.2) is 0 Å². The molecule has 0 saturated carbocycles. The molecule has 0 unspecified atom stereocenters. The number of anilines is 2. The third-order valence-corrected chi connectivity index (χ3v) is 6.27. The van der Waals surface area contributed by atoms with Crippen LogP contribution in [0.25, 0.3) is 0 Å². The number of alkyl halides is 3. The average molecular weight is 449 g/mol. The number of aromatic nitrogens is 1. The van der Waals surface area contributed by atoms with Gasteiger partial charge in [0.25, 0.3) is 15.9 Å². The second-order valence-corrected chi connectivity index (χ2v) is 8.59. The van der Waals surface area contributed by atoms with Crippen molar-refractivity contribution in [2.45, 2.75) is 18.0 Å². The van der Waals surface area contributed by atoms with Crippen LogP contribution in [-0.2, 0) is 16.2 Å². The van der Waals surface area contributed by atoms with Crippen LogP contribution in [0.2, 0.25) is 0 Å². The number of amides is 1. The number of pyridine rings is 1. The van der Waals surface area contributed by atoms with Crippen molar-refractivity contribution in [3.05, 3.63) is 83.7 Å². The molecular weight excluding hydrogens is 431 g/mol. The van der Waals surface area contributed by atoms with Crippen LogP contribution < -0.4 is 9.62 Å². The molecular formula is C21H18F3N3O3S. The number of para-hydroxylation sites is 1. The van der Waals surface area contributed by atoms with E-state index in [4.69, 9.17) is 0 Å². The second-order valence-electron chi connectivity index (χ2n) is 6.62. The third kappa shape index (κ3) is 4.85. The molecule has 0 atom stereocenters. The molecule has 0 fully saturated rings. The Morgan fingerprint density at radius 3 is 2.29 bits per heavy atom. The van der Waals surface area contributed by atoms with Gasteiger partial charge >= 0.3 is 6.18 Å². The van der Waals surface area contributed by atoms with Crippen molar-refractivity contribution in [2.24, 2.45) is 0 Å². The monoisotopic (exact) mass is 449 g/mol. The Hall–Kier alpha value is -3.40. The molecule has 31 heavy (non-hydrogen) atoms. The molecule has 3 aromatic rings. The Bertz CT molecular complexity index is 1210. The summed E-state index contributed by atoms with van der Waals surface area (Å²) < 4.78 is 65.3. The number of benzene rings is 2. The van der Waals surface area contributed by atoms with E-state index in [0.717, 1.165) is 16.4 Å². The number of halogens is 3. The van der Waals surface area contributed by atoms with Crippen molar-refractivity contribution in [3.63, 3.8) is 0 Å². The summed E-state index contributed by atoms with van der Waals surface area (Å²) in [5.41, 5.74) is -0.614. The lowest BCUT2D eigenvalue weighted by molar-refractivity contribution is -0.141. The number of carbonyl (C=O) groups is 1. The first-order valence-corrected chi connectivity index (χ1v) is 10.4. The number of hydrogen-bond acceptors (Lipinski definition) is 4. The molecule has 0 saturated heterocycles. The number of aryl methyl sites for hydroxylation is 1. The van der Waals surface area contributed by atoms with E-state index in [1.807, 2.05) is 0 Å². The van der Waals surface area contributed by atoms with Crippen molar-refractivity contribution in [1.29, 1.82) is 0 Å². The average Bonchev–Trinajstić information content (AvgIpc) is 2.73. The zero-order chi connectivity index (χ0) is 22.8. The summed E-state index contributed by atoms with van der Waals surface area (Å²) in [6.07, 6.45) is -4.62. The van der Waals surface area contributed by atoms with Crippen LogP contribution in [0.5, 0.6) is 0 Å². The number of hydrogen-bond donors (Lipinski definition) is 1. The minimum atomic E-state index is -4.62. The number of carbonyl (C=O) groups excluding carboxylic acids is 1. The molecule has 3 rings (SSSR count). The van der Waals surface area contributed by atoms with Gasteiger partial charge < -0.3 is 5.32 Å². The number of rotatable bonds is 5. The van der Waals surface area contributed by atoms with Crippen LogP contribution in [0.3, 0.4) is 0 Å². The maximum Gasteiger partial charge on any atom is 0.433 e. The van der Waals surface area contributed by atoms with E-state index >= 15 is 0 Å². The minimum Gasteiger partial charge on any atom is -0.322 e. The van der Waals surface area contributed by atoms with Gasteiger partial charge in [-0.25, -0.2) is 13.4 Å². The molecule has 0 radical (unpaired) electrons. The van der Waals surface area contributed by atoms with Gasteiger partial charge in [0.1, 0.15) is 5.69 Å². The first-order chi connectivity index (χ1) is 14.5. The maximum atomic E-state index is 12.9. The molecule has 0 aliphatic rings. The van der Waals surface area contributed by atoms with Gasteiger partial charge in [-0.3, -0.25) is 9.10 Å². The predicted molar refractivity (Wildman–Crippen MR) is 110 cm³/mol. The molecule has 1 amide bonds. The second kappa shape index (κ2) is 8.38. The van der Waals surface area contributed by atoms with Gasteiger partial charge in [0.2, 0.25) is 0 Å². The van der Waals surface area contributed by atoms with Crippen LogP contribution in [0, 0.1) is 6.92 Å². The summed E-state index contributed by atoms with van der Waals surface area (Å²) in [4.78, 5) is 15.9. The molecule has 2 aromatic carbocycles. The fraction of sp³-hybridized carbons (Fsp3) is 0.143. The summed E-state index contributed by atoms with van der Waals surface area (Å²) in [7, 11) is -2.49. The summed E-state index contributed by atoms with van der Waals surface area (Å²) in [6, 6.07) is 15.8. The quantitative estimate of drug-likeness (QED) is 0.623. The SMILES string of the molecule is Cc1nc(C(F)(F)F)ccc1C(=O)Nc1cccc(S(=O)(=O)N(C)c2ccccc2)c1. The van der Waals surface area contributed by atoms with E-state index in [-0.39, 0.29) is 21.8 Å². The van der Waals surface area contributed by atoms with Crippen LogP contribution in [0.4, 0.5) is 24.5 Å². The highest BCUT2D eigenvalue weighted by Crippen LogP contribution is 2.28. The zero-order valence-electron chi connectivity index (χ0n) is 16.5. The predicted octanol–water partition coefficient (Wildman–Crippen LogP) is 4.49. The fourth-order valence-electron chi connectivity index (χ4n) is 2.83. The summed E-state index contributed by atoms with van der Waals surface area (Å²) in [5.74, 6) is -0.704. The third-order valence-electron chi connectivity index (χ3n) is 4.49. The molecule has 0 aliphatic carbocycles. The first-order valence-electron chi connectivity index (χ1n) is 9.00. The molecule has 0 spiro atoms. The molecule has 6 nitrogen and oxygen atoms in total. The van der Waals surface area contributed by atoms with Crippen molar-refractivity contribution in [2.75, 3.05) is 16.7 Å². The molecule has 1 aromatic heterocycles. The van der Waals surface area contributed by atoms with E-state index in [0.29, 0.717) is 5.69 Å². The van der Waals surface area contributed by atoms with Gasteiger partial charge in [-0.2, -0.15) is 13.2 Å². The lowest BCUT2D eigenvalue weighted by Gasteiger charge is -2.20. The first kappa shape index (κ1) is 22.3.